The van der Waals surface area contributed by atoms with Crippen molar-refractivity contribution in [3.05, 3.63) is 0 Å². The highest BCUT2D eigenvalue weighted by molar-refractivity contribution is 5.82. The third kappa shape index (κ3) is 0.695. The molecule has 0 radical (unpaired) electrons. The molecule has 0 spiro atoms. The standard InChI is InChI=1S/C11H18O2/c1-5-11-7-6-10(4,8(12)13-11)9(11,2)3/h5-7H2,1-4H3. The summed E-state index contributed by atoms with van der Waals surface area (Å²) in [6.07, 6.45) is 2.98. The van der Waals surface area contributed by atoms with Crippen molar-refractivity contribution in [2.24, 2.45) is 10.8 Å². The van der Waals surface area contributed by atoms with Gasteiger partial charge in [-0.05, 0) is 26.2 Å². The molecule has 1 aliphatic heterocycles. The van der Waals surface area contributed by atoms with E-state index in [1.807, 2.05) is 0 Å². The van der Waals surface area contributed by atoms with E-state index in [0.717, 1.165) is 19.3 Å². The van der Waals surface area contributed by atoms with Crippen molar-refractivity contribution in [3.8, 4) is 0 Å². The van der Waals surface area contributed by atoms with Gasteiger partial charge in [-0.25, -0.2) is 0 Å². The van der Waals surface area contributed by atoms with Crippen LogP contribution < -0.4 is 0 Å². The lowest BCUT2D eigenvalue weighted by atomic mass is 9.66. The zero-order valence-corrected chi connectivity index (χ0v) is 8.94. The average molecular weight is 182 g/mol. The summed E-state index contributed by atoms with van der Waals surface area (Å²) < 4.78 is 5.58. The van der Waals surface area contributed by atoms with Crippen molar-refractivity contribution in [1.29, 1.82) is 0 Å². The van der Waals surface area contributed by atoms with E-state index in [1.54, 1.807) is 0 Å². The Morgan fingerprint density at radius 3 is 2.15 bits per heavy atom. The Balaban J connectivity index is 2.53. The molecule has 13 heavy (non-hydrogen) atoms. The van der Waals surface area contributed by atoms with E-state index in [2.05, 4.69) is 27.7 Å². The minimum absolute atomic E-state index is 0.00579. The maximum absolute atomic E-state index is 11.7. The van der Waals surface area contributed by atoms with Gasteiger partial charge in [-0.15, -0.1) is 0 Å². The van der Waals surface area contributed by atoms with Crippen LogP contribution in [0.3, 0.4) is 0 Å². The summed E-state index contributed by atoms with van der Waals surface area (Å²) in [5, 5.41) is 0. The van der Waals surface area contributed by atoms with Crippen molar-refractivity contribution in [2.75, 3.05) is 0 Å². The molecule has 2 heteroatoms. The van der Waals surface area contributed by atoms with Gasteiger partial charge in [-0.3, -0.25) is 4.79 Å². The zero-order chi connectivity index (χ0) is 9.91. The Labute approximate surface area is 79.7 Å². The highest BCUT2D eigenvalue weighted by Crippen LogP contribution is 2.66. The minimum atomic E-state index is -0.233. The Morgan fingerprint density at radius 2 is 1.92 bits per heavy atom. The predicted octanol–water partition coefficient (Wildman–Crippen LogP) is 2.52. The Kier molecular flexibility index (Phi) is 1.46. The Bertz CT molecular complexity index is 269. The largest absolute Gasteiger partial charge is 0.458 e. The smallest absolute Gasteiger partial charge is 0.313 e. The monoisotopic (exact) mass is 182 g/mol. The van der Waals surface area contributed by atoms with E-state index in [-0.39, 0.29) is 22.4 Å². The van der Waals surface area contributed by atoms with Crippen LogP contribution in [0.4, 0.5) is 0 Å². The normalized spacial score (nSPS) is 46.6. The number of hydrogen-bond donors (Lipinski definition) is 0. The Hall–Kier alpha value is -0.530. The van der Waals surface area contributed by atoms with Crippen molar-refractivity contribution >= 4 is 5.97 Å². The zero-order valence-electron chi connectivity index (χ0n) is 8.94. The topological polar surface area (TPSA) is 26.3 Å². The van der Waals surface area contributed by atoms with Crippen LogP contribution in [-0.4, -0.2) is 11.6 Å². The van der Waals surface area contributed by atoms with E-state index in [9.17, 15) is 4.79 Å². The second kappa shape index (κ2) is 2.10. The number of carbonyl (C=O) groups is 1. The lowest BCUT2D eigenvalue weighted by molar-refractivity contribution is -0.160. The number of rotatable bonds is 1. The van der Waals surface area contributed by atoms with E-state index < -0.39 is 0 Å². The van der Waals surface area contributed by atoms with Crippen LogP contribution in [0.25, 0.3) is 0 Å². The molecule has 2 fully saturated rings. The van der Waals surface area contributed by atoms with Gasteiger partial charge in [0.05, 0.1) is 5.41 Å². The van der Waals surface area contributed by atoms with Gasteiger partial charge >= 0.3 is 5.97 Å². The van der Waals surface area contributed by atoms with Crippen molar-refractivity contribution in [3.63, 3.8) is 0 Å². The van der Waals surface area contributed by atoms with Crippen LogP contribution in [-0.2, 0) is 9.53 Å². The molecule has 1 saturated heterocycles. The molecule has 1 heterocycles. The molecular formula is C11H18O2. The van der Waals surface area contributed by atoms with Crippen LogP contribution >= 0.6 is 0 Å². The quantitative estimate of drug-likeness (QED) is 0.582. The first-order valence-corrected chi connectivity index (χ1v) is 5.13. The summed E-state index contributed by atoms with van der Waals surface area (Å²) in [5.41, 5.74) is -0.395. The van der Waals surface area contributed by atoms with Crippen LogP contribution in [0.2, 0.25) is 0 Å². The molecule has 2 rings (SSSR count). The number of fused-ring (bicyclic) bond motifs is 2. The molecule has 2 unspecified atom stereocenters. The van der Waals surface area contributed by atoms with Gasteiger partial charge in [0.25, 0.3) is 0 Å². The summed E-state index contributed by atoms with van der Waals surface area (Å²) in [6, 6.07) is 0. The SMILES string of the molecule is CCC12CCC(C)(C(=O)O1)C2(C)C. The van der Waals surface area contributed by atoms with Crippen LogP contribution in [0, 0.1) is 10.8 Å². The third-order valence-electron chi connectivity index (χ3n) is 4.86. The van der Waals surface area contributed by atoms with Crippen LogP contribution in [0.1, 0.15) is 47.0 Å². The van der Waals surface area contributed by atoms with Gasteiger partial charge in [0.15, 0.2) is 0 Å². The molecule has 2 nitrogen and oxygen atoms in total. The summed E-state index contributed by atoms with van der Waals surface area (Å²) in [5.74, 6) is 0.0191. The van der Waals surface area contributed by atoms with Gasteiger partial charge in [-0.2, -0.15) is 0 Å². The van der Waals surface area contributed by atoms with Crippen molar-refractivity contribution < 1.29 is 9.53 Å². The van der Waals surface area contributed by atoms with Gasteiger partial charge in [0.2, 0.25) is 0 Å². The summed E-state index contributed by atoms with van der Waals surface area (Å²) >= 11 is 0. The van der Waals surface area contributed by atoms with Gasteiger partial charge < -0.3 is 4.74 Å². The summed E-state index contributed by atoms with van der Waals surface area (Å²) in [4.78, 5) is 11.7. The summed E-state index contributed by atoms with van der Waals surface area (Å²) in [6.45, 7) is 8.52. The second-order valence-electron chi connectivity index (χ2n) is 5.19. The second-order valence-corrected chi connectivity index (χ2v) is 5.19. The molecule has 2 atom stereocenters. The first kappa shape index (κ1) is 9.04. The van der Waals surface area contributed by atoms with Gasteiger partial charge in [0.1, 0.15) is 5.60 Å². The molecule has 0 aromatic heterocycles. The van der Waals surface area contributed by atoms with Gasteiger partial charge in [0, 0.05) is 5.41 Å². The van der Waals surface area contributed by atoms with Gasteiger partial charge in [-0.1, -0.05) is 20.8 Å². The number of hydrogen-bond acceptors (Lipinski definition) is 2. The molecule has 0 amide bonds. The fourth-order valence-electron chi connectivity index (χ4n) is 3.10. The van der Waals surface area contributed by atoms with Crippen LogP contribution in [0.15, 0.2) is 0 Å². The minimum Gasteiger partial charge on any atom is -0.458 e. The molecule has 2 aliphatic rings. The van der Waals surface area contributed by atoms with E-state index in [0.29, 0.717) is 0 Å². The average Bonchev–Trinajstić information content (AvgIpc) is 2.34. The Morgan fingerprint density at radius 1 is 1.31 bits per heavy atom. The maximum Gasteiger partial charge on any atom is 0.313 e. The molecule has 2 bridgehead atoms. The number of carbonyl (C=O) groups excluding carboxylic acids is 1. The fourth-order valence-corrected chi connectivity index (χ4v) is 3.10. The highest BCUT2D eigenvalue weighted by Gasteiger charge is 2.71. The molecule has 74 valence electrons. The molecule has 1 saturated carbocycles. The molecule has 1 aliphatic carbocycles. The third-order valence-corrected chi connectivity index (χ3v) is 4.86. The number of esters is 1. The lowest BCUT2D eigenvalue weighted by Gasteiger charge is -2.36. The molecular weight excluding hydrogens is 164 g/mol. The summed E-state index contributed by atoms with van der Waals surface area (Å²) in [7, 11) is 0. The van der Waals surface area contributed by atoms with E-state index in [1.165, 1.54) is 0 Å². The van der Waals surface area contributed by atoms with Crippen molar-refractivity contribution in [1.82, 2.24) is 0 Å². The first-order valence-electron chi connectivity index (χ1n) is 5.13. The lowest BCUT2D eigenvalue weighted by Crippen LogP contribution is -2.40. The van der Waals surface area contributed by atoms with Crippen molar-refractivity contribution in [2.45, 2.75) is 52.6 Å². The van der Waals surface area contributed by atoms with E-state index >= 15 is 0 Å². The highest BCUT2D eigenvalue weighted by atomic mass is 16.6. The molecule has 0 aromatic carbocycles. The first-order chi connectivity index (χ1) is 5.90. The molecule has 0 N–H and O–H groups in total. The fraction of sp³-hybridized carbons (Fsp3) is 0.909. The maximum atomic E-state index is 11.7. The van der Waals surface area contributed by atoms with Crippen LogP contribution in [0.5, 0.6) is 0 Å². The van der Waals surface area contributed by atoms with E-state index in [4.69, 9.17) is 4.74 Å². The molecule has 0 aromatic rings. The number of ether oxygens (including phenoxy) is 1. The predicted molar refractivity (Wildman–Crippen MR) is 50.2 cm³/mol.